The van der Waals surface area contributed by atoms with Gasteiger partial charge in [-0.1, -0.05) is 47.4 Å². The van der Waals surface area contributed by atoms with E-state index in [9.17, 15) is 13.2 Å². The molecule has 26 heavy (non-hydrogen) atoms. The van der Waals surface area contributed by atoms with Gasteiger partial charge in [0.05, 0.1) is 12.7 Å². The summed E-state index contributed by atoms with van der Waals surface area (Å²) in [6, 6.07) is 5.66. The minimum absolute atomic E-state index is 0.0803. The van der Waals surface area contributed by atoms with E-state index in [2.05, 4.69) is 34.4 Å². The van der Waals surface area contributed by atoms with Crippen LogP contribution < -0.4 is 5.73 Å². The Morgan fingerprint density at radius 3 is 2.23 bits per heavy atom. The van der Waals surface area contributed by atoms with E-state index in [1.54, 1.807) is 22.6 Å². The summed E-state index contributed by atoms with van der Waals surface area (Å²) in [6.07, 6.45) is 2.63. The number of alkyl halides is 1. The molecule has 0 aromatic heterocycles. The molecule has 3 rings (SSSR count). The van der Waals surface area contributed by atoms with Crippen LogP contribution in [0.15, 0.2) is 24.3 Å². The largest absolute Gasteiger partial charge is 0.313 e. The SMILES string of the molecule is CCC(N)(I)c1cc(F)c(C#Cc2cc(F)c(I)c(F)c2)c(C2CC2)c1. The van der Waals surface area contributed by atoms with E-state index in [1.165, 1.54) is 6.07 Å². The maximum absolute atomic E-state index is 14.8. The zero-order chi connectivity index (χ0) is 19.1. The number of rotatable bonds is 3. The lowest BCUT2D eigenvalue weighted by molar-refractivity contribution is 0.570. The molecule has 0 saturated heterocycles. The van der Waals surface area contributed by atoms with Gasteiger partial charge in [-0.05, 0) is 77.1 Å². The zero-order valence-electron chi connectivity index (χ0n) is 14.0. The third-order valence-corrected chi connectivity index (χ3v) is 6.86. The highest BCUT2D eigenvalue weighted by Gasteiger charge is 2.30. The molecule has 1 nitrogen and oxygen atoms in total. The summed E-state index contributed by atoms with van der Waals surface area (Å²) < 4.78 is 41.4. The fraction of sp³-hybridized carbons (Fsp3) is 0.300. The smallest absolute Gasteiger partial charge is 0.140 e. The van der Waals surface area contributed by atoms with Crippen molar-refractivity contribution in [3.05, 3.63) is 67.5 Å². The lowest BCUT2D eigenvalue weighted by Gasteiger charge is -2.22. The minimum atomic E-state index is -0.672. The molecule has 1 aliphatic rings. The van der Waals surface area contributed by atoms with Crippen molar-refractivity contribution in [3.63, 3.8) is 0 Å². The molecule has 1 unspecified atom stereocenters. The van der Waals surface area contributed by atoms with Crippen molar-refractivity contribution >= 4 is 45.2 Å². The predicted molar refractivity (Wildman–Crippen MR) is 114 cm³/mol. The van der Waals surface area contributed by atoms with Gasteiger partial charge < -0.3 is 5.73 Å². The second-order valence-corrected chi connectivity index (χ2v) is 9.42. The van der Waals surface area contributed by atoms with Crippen molar-refractivity contribution in [2.75, 3.05) is 0 Å². The molecule has 2 aromatic rings. The summed E-state index contributed by atoms with van der Waals surface area (Å²) in [4.78, 5) is 0. The van der Waals surface area contributed by atoms with Gasteiger partial charge >= 0.3 is 0 Å². The van der Waals surface area contributed by atoms with Crippen LogP contribution in [-0.2, 0) is 3.55 Å². The molecule has 1 atom stereocenters. The first kappa shape index (κ1) is 20.0. The number of hydrogen-bond acceptors (Lipinski definition) is 1. The molecule has 1 aliphatic carbocycles. The highest BCUT2D eigenvalue weighted by molar-refractivity contribution is 14.1. The molecule has 136 valence electrons. The molecule has 0 amide bonds. The number of benzene rings is 2. The Kier molecular flexibility index (Phi) is 5.89. The number of halogens is 5. The van der Waals surface area contributed by atoms with Gasteiger partial charge in [-0.2, -0.15) is 0 Å². The molecule has 0 heterocycles. The van der Waals surface area contributed by atoms with Crippen LogP contribution in [0.3, 0.4) is 0 Å². The van der Waals surface area contributed by atoms with Crippen LogP contribution in [0.1, 0.15) is 54.4 Å². The van der Waals surface area contributed by atoms with Gasteiger partial charge in [0.15, 0.2) is 0 Å². The van der Waals surface area contributed by atoms with E-state index in [0.29, 0.717) is 12.0 Å². The Labute approximate surface area is 178 Å². The number of hydrogen-bond donors (Lipinski definition) is 1. The van der Waals surface area contributed by atoms with E-state index in [4.69, 9.17) is 5.73 Å². The molecule has 0 bridgehead atoms. The standard InChI is InChI=1S/C20H16F3I2N/c1-2-20(25,26)13-9-15(12-4-5-12)14(16(21)10-13)6-3-11-7-17(22)19(24)18(23)8-11/h7-10,12H,2,4-5,26H2,1H3. The molecular weight excluding hydrogens is 565 g/mol. The average molecular weight is 581 g/mol. The third kappa shape index (κ3) is 4.20. The van der Waals surface area contributed by atoms with E-state index >= 15 is 0 Å². The summed E-state index contributed by atoms with van der Waals surface area (Å²) in [5.41, 5.74) is 8.30. The minimum Gasteiger partial charge on any atom is -0.313 e. The molecule has 2 aromatic carbocycles. The Hall–Kier alpha value is -0.790. The molecule has 6 heteroatoms. The lowest BCUT2D eigenvalue weighted by atomic mass is 9.95. The van der Waals surface area contributed by atoms with E-state index in [1.807, 2.05) is 13.0 Å². The van der Waals surface area contributed by atoms with Crippen molar-refractivity contribution in [1.29, 1.82) is 0 Å². The van der Waals surface area contributed by atoms with Crippen LogP contribution in [0, 0.1) is 32.9 Å². The van der Waals surface area contributed by atoms with E-state index in [-0.39, 0.29) is 15.1 Å². The maximum atomic E-state index is 14.8. The Bertz CT molecular complexity index is 902. The third-order valence-electron chi connectivity index (χ3n) is 4.45. The van der Waals surface area contributed by atoms with Crippen molar-refractivity contribution in [2.45, 2.75) is 35.6 Å². The van der Waals surface area contributed by atoms with Crippen LogP contribution in [0.2, 0.25) is 0 Å². The van der Waals surface area contributed by atoms with Gasteiger partial charge in [-0.15, -0.1) is 0 Å². The number of nitrogens with two attached hydrogens (primary N) is 1. The normalized spacial score (nSPS) is 16.0. The Balaban J connectivity index is 2.07. The molecule has 0 radical (unpaired) electrons. The Morgan fingerprint density at radius 1 is 1.08 bits per heavy atom. The van der Waals surface area contributed by atoms with Crippen molar-refractivity contribution < 1.29 is 13.2 Å². The first-order valence-corrected chi connectivity index (χ1v) is 10.4. The molecule has 1 saturated carbocycles. The van der Waals surface area contributed by atoms with Crippen LogP contribution in [0.4, 0.5) is 13.2 Å². The summed E-state index contributed by atoms with van der Waals surface area (Å²) in [7, 11) is 0. The average Bonchev–Trinajstić information content (AvgIpc) is 3.42. The fourth-order valence-corrected chi connectivity index (χ4v) is 3.31. The topological polar surface area (TPSA) is 26.0 Å². The van der Waals surface area contributed by atoms with Gasteiger partial charge in [0, 0.05) is 5.56 Å². The summed E-state index contributed by atoms with van der Waals surface area (Å²) in [5, 5.41) is 0. The molecule has 0 aliphatic heterocycles. The summed E-state index contributed by atoms with van der Waals surface area (Å²) >= 11 is 3.72. The van der Waals surface area contributed by atoms with Crippen molar-refractivity contribution in [2.24, 2.45) is 5.73 Å². The zero-order valence-corrected chi connectivity index (χ0v) is 18.3. The van der Waals surface area contributed by atoms with Crippen LogP contribution in [0.5, 0.6) is 0 Å². The monoisotopic (exact) mass is 581 g/mol. The second kappa shape index (κ2) is 7.68. The molecule has 0 spiro atoms. The van der Waals surface area contributed by atoms with Gasteiger partial charge in [0.1, 0.15) is 17.5 Å². The van der Waals surface area contributed by atoms with Crippen LogP contribution in [-0.4, -0.2) is 0 Å². The lowest BCUT2D eigenvalue weighted by Crippen LogP contribution is -2.28. The van der Waals surface area contributed by atoms with Gasteiger partial charge in [-0.3, -0.25) is 0 Å². The van der Waals surface area contributed by atoms with E-state index < -0.39 is 21.0 Å². The van der Waals surface area contributed by atoms with E-state index in [0.717, 1.165) is 36.1 Å². The highest BCUT2D eigenvalue weighted by Crippen LogP contribution is 2.44. The van der Waals surface area contributed by atoms with Crippen molar-refractivity contribution in [1.82, 2.24) is 0 Å². The van der Waals surface area contributed by atoms with Gasteiger partial charge in [-0.25, -0.2) is 13.2 Å². The highest BCUT2D eigenvalue weighted by atomic mass is 127. The summed E-state index contributed by atoms with van der Waals surface area (Å²) in [5.74, 6) is 3.97. The Morgan fingerprint density at radius 2 is 1.69 bits per heavy atom. The van der Waals surface area contributed by atoms with Crippen molar-refractivity contribution in [3.8, 4) is 11.8 Å². The first-order chi connectivity index (χ1) is 12.2. The molecule has 2 N–H and O–H groups in total. The van der Waals surface area contributed by atoms with Gasteiger partial charge in [0.2, 0.25) is 0 Å². The summed E-state index contributed by atoms with van der Waals surface area (Å²) in [6.45, 7) is 1.95. The van der Waals surface area contributed by atoms with Crippen LogP contribution >= 0.6 is 45.2 Å². The maximum Gasteiger partial charge on any atom is 0.140 e. The molecule has 1 fully saturated rings. The first-order valence-electron chi connectivity index (χ1n) is 8.21. The van der Waals surface area contributed by atoms with Gasteiger partial charge in [0.25, 0.3) is 0 Å². The second-order valence-electron chi connectivity index (χ2n) is 6.42. The predicted octanol–water partition coefficient (Wildman–Crippen LogP) is 5.94. The van der Waals surface area contributed by atoms with Crippen LogP contribution in [0.25, 0.3) is 0 Å². The quantitative estimate of drug-likeness (QED) is 0.157. The fourth-order valence-electron chi connectivity index (χ4n) is 2.68. The molecular formula is C20H16F3I2N.